The number of hydrogen-bond donors (Lipinski definition) is 1. The summed E-state index contributed by atoms with van der Waals surface area (Å²) in [5, 5.41) is 6.96. The Hall–Kier alpha value is -2.57. The van der Waals surface area contributed by atoms with Gasteiger partial charge in [-0.1, -0.05) is 43.3 Å². The van der Waals surface area contributed by atoms with Gasteiger partial charge in [-0.25, -0.2) is 0 Å². The van der Waals surface area contributed by atoms with Crippen molar-refractivity contribution in [3.63, 3.8) is 0 Å². The predicted octanol–water partition coefficient (Wildman–Crippen LogP) is 5.37. The summed E-state index contributed by atoms with van der Waals surface area (Å²) in [7, 11) is 0. The highest BCUT2D eigenvalue weighted by atomic mass is 32.2. The van der Waals surface area contributed by atoms with Crippen LogP contribution in [0.25, 0.3) is 0 Å². The summed E-state index contributed by atoms with van der Waals surface area (Å²) in [6.07, 6.45) is 0. The minimum absolute atomic E-state index is 0.109. The van der Waals surface area contributed by atoms with Crippen LogP contribution in [0.3, 0.4) is 0 Å². The number of benzene rings is 2. The minimum atomic E-state index is -0.109. The van der Waals surface area contributed by atoms with Crippen LogP contribution in [0.2, 0.25) is 0 Å². The van der Waals surface area contributed by atoms with Crippen LogP contribution in [0.4, 0.5) is 5.69 Å². The number of aryl methyl sites for hydroxylation is 1. The molecule has 1 N–H and O–H groups in total. The summed E-state index contributed by atoms with van der Waals surface area (Å²) in [6, 6.07) is 17.6. The van der Waals surface area contributed by atoms with Crippen LogP contribution in [0.1, 0.15) is 41.2 Å². The Morgan fingerprint density at radius 1 is 1.10 bits per heavy atom. The molecule has 0 unspecified atom stereocenters. The average molecular weight is 410 g/mol. The lowest BCUT2D eigenvalue weighted by Gasteiger charge is -2.18. The Bertz CT molecular complexity index is 951. The SMILES string of the molecule is CCN(CC)Cc1cccc(NC(=O)c2ccccc2SCc2cc(C)no2)c1. The van der Waals surface area contributed by atoms with Gasteiger partial charge < -0.3 is 9.84 Å². The molecule has 0 aliphatic heterocycles. The fourth-order valence-electron chi connectivity index (χ4n) is 3.06. The van der Waals surface area contributed by atoms with Crippen molar-refractivity contribution in [1.29, 1.82) is 0 Å². The second-order valence-corrected chi connectivity index (χ2v) is 7.85. The second kappa shape index (κ2) is 10.3. The van der Waals surface area contributed by atoms with Crippen LogP contribution in [-0.4, -0.2) is 29.1 Å². The predicted molar refractivity (Wildman–Crippen MR) is 118 cm³/mol. The van der Waals surface area contributed by atoms with Crippen LogP contribution < -0.4 is 5.32 Å². The highest BCUT2D eigenvalue weighted by Crippen LogP contribution is 2.27. The van der Waals surface area contributed by atoms with Gasteiger partial charge in [-0.05, 0) is 49.8 Å². The van der Waals surface area contributed by atoms with Gasteiger partial charge in [0.25, 0.3) is 5.91 Å². The largest absolute Gasteiger partial charge is 0.360 e. The quantitative estimate of drug-likeness (QED) is 0.482. The van der Waals surface area contributed by atoms with E-state index < -0.39 is 0 Å². The van der Waals surface area contributed by atoms with Gasteiger partial charge in [0.2, 0.25) is 0 Å². The fourth-order valence-corrected chi connectivity index (χ4v) is 3.99. The smallest absolute Gasteiger partial charge is 0.256 e. The van der Waals surface area contributed by atoms with E-state index in [4.69, 9.17) is 4.52 Å². The molecule has 0 atom stereocenters. The number of hydrogen-bond acceptors (Lipinski definition) is 5. The van der Waals surface area contributed by atoms with Gasteiger partial charge in [0.05, 0.1) is 17.0 Å². The zero-order valence-electron chi connectivity index (χ0n) is 17.1. The maximum absolute atomic E-state index is 12.9. The topological polar surface area (TPSA) is 58.4 Å². The molecule has 3 aromatic rings. The molecule has 1 amide bonds. The Morgan fingerprint density at radius 2 is 1.90 bits per heavy atom. The molecule has 5 nitrogen and oxygen atoms in total. The first-order chi connectivity index (χ1) is 14.1. The van der Waals surface area contributed by atoms with Crippen molar-refractivity contribution in [1.82, 2.24) is 10.1 Å². The molecule has 152 valence electrons. The van der Waals surface area contributed by atoms with Gasteiger partial charge in [-0.3, -0.25) is 9.69 Å². The lowest BCUT2D eigenvalue weighted by Crippen LogP contribution is -2.22. The molecule has 0 bridgehead atoms. The molecule has 1 aromatic heterocycles. The molecule has 3 rings (SSSR count). The molecule has 0 aliphatic carbocycles. The Kier molecular flexibility index (Phi) is 7.49. The first-order valence-electron chi connectivity index (χ1n) is 9.85. The van der Waals surface area contributed by atoms with Gasteiger partial charge in [0.1, 0.15) is 5.76 Å². The summed E-state index contributed by atoms with van der Waals surface area (Å²) in [5.41, 5.74) is 3.51. The summed E-state index contributed by atoms with van der Waals surface area (Å²) >= 11 is 1.57. The van der Waals surface area contributed by atoms with Crippen LogP contribution in [0, 0.1) is 6.92 Å². The van der Waals surface area contributed by atoms with E-state index in [0.29, 0.717) is 11.3 Å². The van der Waals surface area contributed by atoms with Crippen molar-refractivity contribution in [2.75, 3.05) is 18.4 Å². The van der Waals surface area contributed by atoms with Gasteiger partial charge in [-0.15, -0.1) is 11.8 Å². The molecule has 0 saturated carbocycles. The van der Waals surface area contributed by atoms with Gasteiger partial charge in [0.15, 0.2) is 0 Å². The number of nitrogens with zero attached hydrogens (tertiary/aromatic N) is 2. The number of aromatic nitrogens is 1. The molecule has 1 heterocycles. The Morgan fingerprint density at radius 3 is 2.62 bits per heavy atom. The molecular formula is C23H27N3O2S. The van der Waals surface area contributed by atoms with Gasteiger partial charge >= 0.3 is 0 Å². The van der Waals surface area contributed by atoms with E-state index in [9.17, 15) is 4.79 Å². The van der Waals surface area contributed by atoms with E-state index >= 15 is 0 Å². The standard InChI is InChI=1S/C23H27N3O2S/c1-4-26(5-2)15-18-9-8-10-19(14-18)24-23(27)21-11-6-7-12-22(21)29-16-20-13-17(3)25-28-20/h6-14H,4-5,15-16H2,1-3H3,(H,24,27). The maximum atomic E-state index is 12.9. The number of carbonyl (C=O) groups is 1. The zero-order chi connectivity index (χ0) is 20.6. The zero-order valence-corrected chi connectivity index (χ0v) is 18.0. The first-order valence-corrected chi connectivity index (χ1v) is 10.8. The van der Waals surface area contributed by atoms with Crippen LogP contribution in [0.5, 0.6) is 0 Å². The molecule has 29 heavy (non-hydrogen) atoms. The highest BCUT2D eigenvalue weighted by Gasteiger charge is 2.13. The number of carbonyl (C=O) groups excluding carboxylic acids is 1. The number of anilines is 1. The molecule has 0 radical (unpaired) electrons. The molecular weight excluding hydrogens is 382 g/mol. The summed E-state index contributed by atoms with van der Waals surface area (Å²) in [5.74, 6) is 1.32. The maximum Gasteiger partial charge on any atom is 0.256 e. The minimum Gasteiger partial charge on any atom is -0.360 e. The van der Waals surface area contributed by atoms with E-state index in [1.54, 1.807) is 11.8 Å². The number of rotatable bonds is 9. The third-order valence-corrected chi connectivity index (χ3v) is 5.76. The highest BCUT2D eigenvalue weighted by molar-refractivity contribution is 7.98. The molecule has 0 aliphatic rings. The molecule has 0 saturated heterocycles. The van der Waals surface area contributed by atoms with Crippen molar-refractivity contribution in [3.8, 4) is 0 Å². The van der Waals surface area contributed by atoms with E-state index in [-0.39, 0.29) is 5.91 Å². The third-order valence-electron chi connectivity index (χ3n) is 4.66. The van der Waals surface area contributed by atoms with Crippen LogP contribution >= 0.6 is 11.8 Å². The number of thioether (sulfide) groups is 1. The first kappa shape index (κ1) is 21.1. The lowest BCUT2D eigenvalue weighted by molar-refractivity contribution is 0.102. The lowest BCUT2D eigenvalue weighted by atomic mass is 10.1. The normalized spacial score (nSPS) is 11.0. The van der Waals surface area contributed by atoms with Crippen molar-refractivity contribution < 1.29 is 9.32 Å². The van der Waals surface area contributed by atoms with Crippen molar-refractivity contribution >= 4 is 23.4 Å². The summed E-state index contributed by atoms with van der Waals surface area (Å²) in [6.45, 7) is 9.09. The van der Waals surface area contributed by atoms with Crippen molar-refractivity contribution in [2.45, 2.75) is 38.0 Å². The van der Waals surface area contributed by atoms with E-state index in [1.807, 2.05) is 55.5 Å². The summed E-state index contributed by atoms with van der Waals surface area (Å²) < 4.78 is 5.27. The molecule has 2 aromatic carbocycles. The van der Waals surface area contributed by atoms with E-state index in [1.165, 1.54) is 5.56 Å². The van der Waals surface area contributed by atoms with E-state index in [2.05, 4.69) is 35.3 Å². The fraction of sp³-hybridized carbons (Fsp3) is 0.304. The molecule has 0 spiro atoms. The van der Waals surface area contributed by atoms with Crippen molar-refractivity contribution in [2.24, 2.45) is 0 Å². The van der Waals surface area contributed by atoms with Crippen LogP contribution in [-0.2, 0) is 12.3 Å². The number of nitrogens with one attached hydrogen (secondary N) is 1. The average Bonchev–Trinajstić information content (AvgIpc) is 3.16. The van der Waals surface area contributed by atoms with E-state index in [0.717, 1.165) is 41.7 Å². The Balaban J connectivity index is 1.69. The van der Waals surface area contributed by atoms with Crippen molar-refractivity contribution in [3.05, 3.63) is 77.2 Å². The number of amides is 1. The van der Waals surface area contributed by atoms with Gasteiger partial charge in [-0.2, -0.15) is 0 Å². The van der Waals surface area contributed by atoms with Crippen LogP contribution in [0.15, 0.2) is 64.0 Å². The Labute approximate surface area is 176 Å². The molecule has 6 heteroatoms. The monoisotopic (exact) mass is 409 g/mol. The summed E-state index contributed by atoms with van der Waals surface area (Å²) in [4.78, 5) is 16.2. The van der Waals surface area contributed by atoms with Gasteiger partial charge in [0, 0.05) is 23.2 Å². The second-order valence-electron chi connectivity index (χ2n) is 6.84. The third kappa shape index (κ3) is 5.95. The molecule has 0 fully saturated rings.